The van der Waals surface area contributed by atoms with Crippen molar-refractivity contribution in [2.45, 2.75) is 90.6 Å². The molecule has 0 rings (SSSR count). The molecular weight excluding hydrogens is 280 g/mol. The highest BCUT2D eigenvalue weighted by atomic mass is 28.3. The van der Waals surface area contributed by atoms with E-state index in [1.54, 1.807) is 0 Å². The van der Waals surface area contributed by atoms with E-state index in [1.165, 1.54) is 12.1 Å². The van der Waals surface area contributed by atoms with Crippen LogP contribution in [0.3, 0.4) is 0 Å². The molecule has 4 heteroatoms. The van der Waals surface area contributed by atoms with Crippen molar-refractivity contribution < 1.29 is 9.53 Å². The molecule has 0 aliphatic heterocycles. The van der Waals surface area contributed by atoms with Crippen LogP contribution in [0, 0.1) is 5.92 Å². The first-order chi connectivity index (χ1) is 8.94. The Morgan fingerprint density at radius 2 is 1.35 bits per heavy atom. The van der Waals surface area contributed by atoms with Crippen molar-refractivity contribution in [3.63, 3.8) is 0 Å². The monoisotopic (exact) mass is 316 g/mol. The molecule has 0 N–H and O–H groups in total. The lowest BCUT2D eigenvalue weighted by Crippen LogP contribution is -2.29. The van der Waals surface area contributed by atoms with Gasteiger partial charge in [0.25, 0.3) is 0 Å². The average molecular weight is 317 g/mol. The van der Waals surface area contributed by atoms with Gasteiger partial charge in [-0.15, -0.1) is 0 Å². The minimum Gasteiger partial charge on any atom is -0.462 e. The van der Waals surface area contributed by atoms with Gasteiger partial charge >= 0.3 is 5.97 Å². The largest absolute Gasteiger partial charge is 0.462 e. The zero-order valence-electron chi connectivity index (χ0n) is 15.0. The molecule has 2 nitrogen and oxygen atoms in total. The molecule has 0 aliphatic carbocycles. The van der Waals surface area contributed by atoms with E-state index in [1.807, 2.05) is 13.8 Å². The van der Waals surface area contributed by atoms with Crippen LogP contribution in [-0.4, -0.2) is 28.2 Å². The van der Waals surface area contributed by atoms with Gasteiger partial charge in [0, 0.05) is 16.1 Å². The van der Waals surface area contributed by atoms with Gasteiger partial charge < -0.3 is 4.74 Å². The highest BCUT2D eigenvalue weighted by Crippen LogP contribution is 2.22. The van der Waals surface area contributed by atoms with Crippen LogP contribution in [0.4, 0.5) is 0 Å². The van der Waals surface area contributed by atoms with Crippen molar-refractivity contribution in [1.82, 2.24) is 0 Å². The Labute approximate surface area is 128 Å². The number of ether oxygens (including phenoxy) is 1. The highest BCUT2D eigenvalue weighted by Gasteiger charge is 2.24. The lowest BCUT2D eigenvalue weighted by Gasteiger charge is -2.25. The summed E-state index contributed by atoms with van der Waals surface area (Å²) in [7, 11) is -2.12. The summed E-state index contributed by atoms with van der Waals surface area (Å²) in [5.41, 5.74) is 0. The van der Waals surface area contributed by atoms with Gasteiger partial charge in [0.05, 0.1) is 5.92 Å². The third kappa shape index (κ3) is 10.7. The molecule has 0 fully saturated rings. The van der Waals surface area contributed by atoms with Crippen LogP contribution in [0.1, 0.15) is 33.1 Å². The van der Waals surface area contributed by atoms with Crippen molar-refractivity contribution in [1.29, 1.82) is 0 Å². The first-order valence-electron chi connectivity index (χ1n) is 8.15. The smallest absolute Gasteiger partial charge is 0.308 e. The second-order valence-corrected chi connectivity index (χ2v) is 19.8. The molecule has 120 valence electrons. The van der Waals surface area contributed by atoms with Crippen molar-refractivity contribution >= 4 is 22.1 Å². The molecule has 0 saturated carbocycles. The summed E-state index contributed by atoms with van der Waals surface area (Å²) in [6.07, 6.45) is 3.13. The first kappa shape index (κ1) is 19.9. The number of carbonyl (C=O) groups excluding carboxylic acids is 1. The molecule has 0 amide bonds. The molecule has 0 aliphatic rings. The van der Waals surface area contributed by atoms with E-state index in [0.717, 1.165) is 19.3 Å². The predicted octanol–water partition coefficient (Wildman–Crippen LogP) is 5.40. The highest BCUT2D eigenvalue weighted by molar-refractivity contribution is 6.76. The van der Waals surface area contributed by atoms with Crippen LogP contribution in [0.15, 0.2) is 0 Å². The maximum atomic E-state index is 12.0. The molecule has 0 radical (unpaired) electrons. The fourth-order valence-corrected chi connectivity index (χ4v) is 4.27. The van der Waals surface area contributed by atoms with E-state index in [9.17, 15) is 4.79 Å². The lowest BCUT2D eigenvalue weighted by molar-refractivity contribution is -0.153. The molecule has 20 heavy (non-hydrogen) atoms. The van der Waals surface area contributed by atoms with Gasteiger partial charge in [-0.3, -0.25) is 4.79 Å². The summed E-state index contributed by atoms with van der Waals surface area (Å²) in [5.74, 6) is 0.0416. The summed E-state index contributed by atoms with van der Waals surface area (Å²) >= 11 is 0. The lowest BCUT2D eigenvalue weighted by atomic mass is 10.1. The molecule has 0 aromatic heterocycles. The number of rotatable bonds is 9. The van der Waals surface area contributed by atoms with E-state index in [2.05, 4.69) is 39.3 Å². The summed E-state index contributed by atoms with van der Waals surface area (Å²) in [6, 6.07) is 2.49. The predicted molar refractivity (Wildman–Crippen MR) is 94.9 cm³/mol. The Kier molecular flexibility index (Phi) is 8.33. The normalized spacial score (nSPS) is 14.4. The van der Waals surface area contributed by atoms with Gasteiger partial charge in [0.1, 0.15) is 6.10 Å². The van der Waals surface area contributed by atoms with E-state index in [4.69, 9.17) is 4.74 Å². The molecule has 1 atom stereocenters. The van der Waals surface area contributed by atoms with Gasteiger partial charge in [-0.2, -0.15) is 0 Å². The average Bonchev–Trinajstić information content (AvgIpc) is 2.29. The summed E-state index contributed by atoms with van der Waals surface area (Å²) in [6.45, 7) is 18.3. The Morgan fingerprint density at radius 1 is 0.950 bits per heavy atom. The third-order valence-electron chi connectivity index (χ3n) is 3.73. The summed E-state index contributed by atoms with van der Waals surface area (Å²) in [4.78, 5) is 12.0. The standard InChI is InChI=1S/C16H36O2Si2/c1-9-14(2)16(17)18-15(10-12-19(3,4)5)11-13-20(6,7)8/h14-15H,9-13H2,1-8H3. The number of esters is 1. The van der Waals surface area contributed by atoms with Gasteiger partial charge in [0.15, 0.2) is 0 Å². The molecule has 0 aromatic rings. The molecule has 0 aromatic carbocycles. The molecule has 0 heterocycles. The summed E-state index contributed by atoms with van der Waals surface area (Å²) < 4.78 is 5.80. The van der Waals surface area contributed by atoms with E-state index >= 15 is 0 Å². The maximum absolute atomic E-state index is 12.0. The molecule has 1 unspecified atom stereocenters. The number of hydrogen-bond acceptors (Lipinski definition) is 2. The topological polar surface area (TPSA) is 26.3 Å². The minimum absolute atomic E-state index is 0.00338. The molecule has 0 saturated heterocycles. The Balaban J connectivity index is 4.50. The van der Waals surface area contributed by atoms with Gasteiger partial charge in [-0.25, -0.2) is 0 Å². The van der Waals surface area contributed by atoms with Crippen LogP contribution in [-0.2, 0) is 9.53 Å². The number of hydrogen-bond donors (Lipinski definition) is 0. The fourth-order valence-electron chi connectivity index (χ4n) is 1.90. The third-order valence-corrected chi connectivity index (χ3v) is 7.31. The maximum Gasteiger partial charge on any atom is 0.308 e. The van der Waals surface area contributed by atoms with Crippen LogP contribution in [0.2, 0.25) is 51.4 Å². The molecule has 0 spiro atoms. The van der Waals surface area contributed by atoms with Gasteiger partial charge in [0.2, 0.25) is 0 Å². The summed E-state index contributed by atoms with van der Waals surface area (Å²) in [5, 5.41) is 0. The van der Waals surface area contributed by atoms with E-state index in [0.29, 0.717) is 0 Å². The van der Waals surface area contributed by atoms with Crippen molar-refractivity contribution in [3.05, 3.63) is 0 Å². The molecule has 0 bridgehead atoms. The van der Waals surface area contributed by atoms with Crippen LogP contribution < -0.4 is 0 Å². The Morgan fingerprint density at radius 3 is 1.65 bits per heavy atom. The Bertz CT molecular complexity index is 272. The zero-order valence-corrected chi connectivity index (χ0v) is 17.0. The van der Waals surface area contributed by atoms with Crippen molar-refractivity contribution in [2.75, 3.05) is 0 Å². The first-order valence-corrected chi connectivity index (χ1v) is 15.6. The van der Waals surface area contributed by atoms with Crippen molar-refractivity contribution in [3.8, 4) is 0 Å². The van der Waals surface area contributed by atoms with Crippen molar-refractivity contribution in [2.24, 2.45) is 5.92 Å². The zero-order chi connectivity index (χ0) is 16.0. The second-order valence-electron chi connectivity index (χ2n) is 8.57. The van der Waals surface area contributed by atoms with Crippen LogP contribution in [0.5, 0.6) is 0 Å². The fraction of sp³-hybridized carbons (Fsp3) is 0.938. The second kappa shape index (κ2) is 8.37. The van der Waals surface area contributed by atoms with Gasteiger partial charge in [-0.1, -0.05) is 65.2 Å². The van der Waals surface area contributed by atoms with Crippen LogP contribution in [0.25, 0.3) is 0 Å². The molecular formula is C16H36O2Si2. The van der Waals surface area contributed by atoms with E-state index < -0.39 is 16.1 Å². The van der Waals surface area contributed by atoms with Gasteiger partial charge in [-0.05, 0) is 19.3 Å². The van der Waals surface area contributed by atoms with E-state index in [-0.39, 0.29) is 18.0 Å². The quantitative estimate of drug-likeness (QED) is 0.420. The van der Waals surface area contributed by atoms with Crippen LogP contribution >= 0.6 is 0 Å². The number of carbonyl (C=O) groups is 1. The minimum atomic E-state index is -1.06. The Hall–Kier alpha value is -0.0962. The SMILES string of the molecule is CCC(C)C(=O)OC(CC[Si](C)(C)C)CC[Si](C)(C)C.